The Morgan fingerprint density at radius 2 is 2.00 bits per heavy atom. The van der Waals surface area contributed by atoms with Crippen molar-refractivity contribution in [2.75, 3.05) is 6.54 Å². The molecule has 1 aromatic heterocycles. The number of nitrogens with zero attached hydrogens (tertiary/aromatic N) is 4. The van der Waals surface area contributed by atoms with Gasteiger partial charge in [0.2, 0.25) is 5.91 Å². The molecule has 0 bridgehead atoms. The Hall–Kier alpha value is -1.85. The quantitative estimate of drug-likeness (QED) is 0.697. The van der Waals surface area contributed by atoms with Crippen molar-refractivity contribution in [3.63, 3.8) is 0 Å². The van der Waals surface area contributed by atoms with Crippen molar-refractivity contribution in [2.45, 2.75) is 51.1 Å². The van der Waals surface area contributed by atoms with Crippen LogP contribution >= 0.6 is 23.2 Å². The summed E-state index contributed by atoms with van der Waals surface area (Å²) >= 11 is 12.2. The molecule has 1 amide bonds. The molecule has 2 aliphatic rings. The van der Waals surface area contributed by atoms with Gasteiger partial charge >= 0.3 is 0 Å². The third-order valence-corrected chi connectivity index (χ3v) is 5.91. The molecule has 0 aliphatic carbocycles. The summed E-state index contributed by atoms with van der Waals surface area (Å²) in [5, 5.41) is 10.0. The standard InChI is InChI=1S/C20H22Cl2N4O/c21-15-8-9-16(22)14(13-15)7-10-19(27)25-12-4-5-17(25)20-24-23-18-6-2-1-3-11-26(18)20/h7-10,13,17H,1-6,11-12H2/b10-7+. The molecule has 2 aliphatic heterocycles. The second-order valence-corrected chi connectivity index (χ2v) is 7.97. The lowest BCUT2D eigenvalue weighted by molar-refractivity contribution is -0.127. The van der Waals surface area contributed by atoms with E-state index in [1.807, 2.05) is 4.90 Å². The van der Waals surface area contributed by atoms with Crippen molar-refractivity contribution in [1.29, 1.82) is 0 Å². The molecular formula is C20H22Cl2N4O. The van der Waals surface area contributed by atoms with Gasteiger partial charge in [-0.2, -0.15) is 0 Å². The van der Waals surface area contributed by atoms with Crippen molar-refractivity contribution >= 4 is 35.2 Å². The highest BCUT2D eigenvalue weighted by molar-refractivity contribution is 6.34. The molecule has 0 radical (unpaired) electrons. The number of carbonyl (C=O) groups excluding carboxylic acids is 1. The minimum absolute atomic E-state index is 0.00340. The molecule has 0 spiro atoms. The number of halogens is 2. The zero-order valence-corrected chi connectivity index (χ0v) is 16.6. The Balaban J connectivity index is 1.55. The molecule has 1 fully saturated rings. The fourth-order valence-corrected chi connectivity index (χ4v) is 4.31. The second kappa shape index (κ2) is 8.03. The van der Waals surface area contributed by atoms with Gasteiger partial charge in [0, 0.05) is 35.6 Å². The van der Waals surface area contributed by atoms with E-state index in [4.69, 9.17) is 23.2 Å². The van der Waals surface area contributed by atoms with Crippen LogP contribution in [0.2, 0.25) is 10.0 Å². The maximum absolute atomic E-state index is 12.9. The van der Waals surface area contributed by atoms with Crippen molar-refractivity contribution < 1.29 is 4.79 Å². The van der Waals surface area contributed by atoms with E-state index in [0.29, 0.717) is 10.0 Å². The average molecular weight is 405 g/mol. The van der Waals surface area contributed by atoms with Crippen molar-refractivity contribution in [2.24, 2.45) is 0 Å². The van der Waals surface area contributed by atoms with Crippen LogP contribution in [0.15, 0.2) is 24.3 Å². The highest BCUT2D eigenvalue weighted by atomic mass is 35.5. The van der Waals surface area contributed by atoms with Crippen LogP contribution in [0.1, 0.15) is 55.4 Å². The number of amides is 1. The lowest BCUT2D eigenvalue weighted by Crippen LogP contribution is -2.30. The minimum atomic E-state index is -0.0282. The number of aryl methyl sites for hydroxylation is 1. The smallest absolute Gasteiger partial charge is 0.247 e. The lowest BCUT2D eigenvalue weighted by atomic mass is 10.2. The Labute approximate surface area is 169 Å². The van der Waals surface area contributed by atoms with E-state index in [2.05, 4.69) is 14.8 Å². The lowest BCUT2D eigenvalue weighted by Gasteiger charge is -2.23. The molecule has 1 atom stereocenters. The molecule has 0 N–H and O–H groups in total. The molecule has 7 heteroatoms. The molecular weight excluding hydrogens is 383 g/mol. The Bertz CT molecular complexity index is 877. The maximum Gasteiger partial charge on any atom is 0.247 e. The van der Waals surface area contributed by atoms with Gasteiger partial charge < -0.3 is 9.47 Å². The molecule has 3 heterocycles. The number of carbonyl (C=O) groups is 1. The Kier molecular flexibility index (Phi) is 5.50. The van der Waals surface area contributed by atoms with Gasteiger partial charge in [-0.15, -0.1) is 10.2 Å². The third-order valence-electron chi connectivity index (χ3n) is 5.34. The molecule has 27 heavy (non-hydrogen) atoms. The first kappa shape index (κ1) is 18.5. The number of likely N-dealkylation sites (tertiary alicyclic amines) is 1. The second-order valence-electron chi connectivity index (χ2n) is 7.13. The van der Waals surface area contributed by atoms with Crippen LogP contribution in [-0.4, -0.2) is 32.1 Å². The van der Waals surface area contributed by atoms with E-state index < -0.39 is 0 Å². The first-order valence-electron chi connectivity index (χ1n) is 9.49. The monoisotopic (exact) mass is 404 g/mol. The van der Waals surface area contributed by atoms with Crippen molar-refractivity contribution in [3.8, 4) is 0 Å². The summed E-state index contributed by atoms with van der Waals surface area (Å²) < 4.78 is 2.24. The number of benzene rings is 1. The van der Waals surface area contributed by atoms with Crippen LogP contribution in [-0.2, 0) is 17.8 Å². The molecule has 1 unspecified atom stereocenters. The molecule has 5 nitrogen and oxygen atoms in total. The minimum Gasteiger partial charge on any atom is -0.329 e. The zero-order chi connectivity index (χ0) is 18.8. The van der Waals surface area contributed by atoms with Gasteiger partial charge in [-0.05, 0) is 55.5 Å². The summed E-state index contributed by atoms with van der Waals surface area (Å²) in [6.07, 6.45) is 9.71. The number of fused-ring (bicyclic) bond motifs is 1. The van der Waals surface area contributed by atoms with Crippen LogP contribution in [0.4, 0.5) is 0 Å². The predicted octanol–water partition coefficient (Wildman–Crippen LogP) is 4.69. The predicted molar refractivity (Wildman–Crippen MR) is 107 cm³/mol. The van der Waals surface area contributed by atoms with Gasteiger partial charge in [0.25, 0.3) is 0 Å². The fourth-order valence-electron chi connectivity index (χ4n) is 3.95. The number of hydrogen-bond donors (Lipinski definition) is 0. The molecule has 142 valence electrons. The topological polar surface area (TPSA) is 51.0 Å². The van der Waals surface area contributed by atoms with Crippen LogP contribution in [0.3, 0.4) is 0 Å². The molecule has 2 aromatic rings. The van der Waals surface area contributed by atoms with E-state index in [0.717, 1.165) is 62.4 Å². The van der Waals surface area contributed by atoms with Crippen LogP contribution in [0, 0.1) is 0 Å². The summed E-state index contributed by atoms with van der Waals surface area (Å²) in [6.45, 7) is 1.68. The Morgan fingerprint density at radius 1 is 1.11 bits per heavy atom. The largest absolute Gasteiger partial charge is 0.329 e. The SMILES string of the molecule is O=C(/C=C/c1cc(Cl)ccc1Cl)N1CCCC1c1nnc2n1CCCCC2. The van der Waals surface area contributed by atoms with E-state index >= 15 is 0 Å². The van der Waals surface area contributed by atoms with E-state index in [1.165, 1.54) is 6.42 Å². The third kappa shape index (κ3) is 3.90. The number of rotatable bonds is 3. The van der Waals surface area contributed by atoms with Crippen molar-refractivity contribution in [3.05, 3.63) is 51.5 Å². The summed E-state index contributed by atoms with van der Waals surface area (Å²) in [7, 11) is 0. The van der Waals surface area contributed by atoms with E-state index in [9.17, 15) is 4.79 Å². The molecule has 1 aromatic carbocycles. The van der Waals surface area contributed by atoms with Crippen LogP contribution < -0.4 is 0 Å². The number of hydrogen-bond acceptors (Lipinski definition) is 3. The molecule has 1 saturated heterocycles. The maximum atomic E-state index is 12.9. The first-order valence-corrected chi connectivity index (χ1v) is 10.2. The van der Waals surface area contributed by atoms with Crippen molar-refractivity contribution in [1.82, 2.24) is 19.7 Å². The van der Waals surface area contributed by atoms with Gasteiger partial charge in [0.15, 0.2) is 5.82 Å². The summed E-state index contributed by atoms with van der Waals surface area (Å²) in [5.74, 6) is 1.97. The van der Waals surface area contributed by atoms with Gasteiger partial charge in [0.05, 0.1) is 6.04 Å². The summed E-state index contributed by atoms with van der Waals surface area (Å²) in [6, 6.07) is 5.22. The zero-order valence-electron chi connectivity index (χ0n) is 15.1. The molecule has 0 saturated carbocycles. The first-order chi connectivity index (χ1) is 13.1. The normalized spacial score (nSPS) is 20.1. The number of aromatic nitrogens is 3. The van der Waals surface area contributed by atoms with Crippen LogP contribution in [0.25, 0.3) is 6.08 Å². The summed E-state index contributed by atoms with van der Waals surface area (Å²) in [4.78, 5) is 14.8. The fraction of sp³-hybridized carbons (Fsp3) is 0.450. The van der Waals surface area contributed by atoms with Gasteiger partial charge in [-0.3, -0.25) is 4.79 Å². The van der Waals surface area contributed by atoms with E-state index in [1.54, 1.807) is 30.4 Å². The van der Waals surface area contributed by atoms with Gasteiger partial charge in [0.1, 0.15) is 5.82 Å². The highest BCUT2D eigenvalue weighted by Crippen LogP contribution is 2.32. The van der Waals surface area contributed by atoms with E-state index in [-0.39, 0.29) is 11.9 Å². The summed E-state index contributed by atoms with van der Waals surface area (Å²) in [5.41, 5.74) is 0.740. The van der Waals surface area contributed by atoms with Crippen LogP contribution in [0.5, 0.6) is 0 Å². The highest BCUT2D eigenvalue weighted by Gasteiger charge is 2.33. The average Bonchev–Trinajstić information content (AvgIpc) is 3.23. The van der Waals surface area contributed by atoms with Gasteiger partial charge in [-0.1, -0.05) is 29.6 Å². The van der Waals surface area contributed by atoms with Gasteiger partial charge in [-0.25, -0.2) is 0 Å². The molecule has 4 rings (SSSR count). The Morgan fingerprint density at radius 3 is 2.89 bits per heavy atom.